The Morgan fingerprint density at radius 1 is 1.78 bits per heavy atom. The first kappa shape index (κ1) is 9.03. The van der Waals surface area contributed by atoms with Crippen LogP contribution in [0.4, 0.5) is 0 Å². The predicted octanol–water partition coefficient (Wildman–Crippen LogP) is 0.683. The van der Waals surface area contributed by atoms with E-state index in [9.17, 15) is 4.79 Å². The molecule has 0 rings (SSSR count). The second-order valence-electron chi connectivity index (χ2n) is 2.09. The molecular formula is C6H13AsO2. The SMILES string of the molecule is CCCCC([AsH2])C(=O)O. The molecule has 0 aliphatic rings. The number of aliphatic carboxylic acids is 1. The monoisotopic (exact) mass is 192 g/mol. The van der Waals surface area contributed by atoms with Crippen molar-refractivity contribution in [1.29, 1.82) is 0 Å². The molecule has 0 fully saturated rings. The summed E-state index contributed by atoms with van der Waals surface area (Å²) >= 11 is 1.32. The molecule has 0 aromatic rings. The van der Waals surface area contributed by atoms with Gasteiger partial charge in [0.15, 0.2) is 0 Å². The van der Waals surface area contributed by atoms with Gasteiger partial charge < -0.3 is 0 Å². The normalized spacial score (nSPS) is 13.1. The van der Waals surface area contributed by atoms with Gasteiger partial charge in [-0.3, -0.25) is 0 Å². The number of hydrogen-bond acceptors (Lipinski definition) is 1. The van der Waals surface area contributed by atoms with Gasteiger partial charge in [-0.25, -0.2) is 0 Å². The van der Waals surface area contributed by atoms with E-state index in [1.54, 1.807) is 0 Å². The average Bonchev–Trinajstić information content (AvgIpc) is 1.82. The molecule has 9 heavy (non-hydrogen) atoms. The number of unbranched alkanes of at least 4 members (excludes halogenated alkanes) is 1. The number of rotatable bonds is 4. The topological polar surface area (TPSA) is 37.3 Å². The average molecular weight is 192 g/mol. The third-order valence-electron chi connectivity index (χ3n) is 1.19. The van der Waals surface area contributed by atoms with Crippen molar-refractivity contribution in [2.75, 3.05) is 0 Å². The van der Waals surface area contributed by atoms with Crippen molar-refractivity contribution in [3.8, 4) is 0 Å². The third kappa shape index (κ3) is 4.53. The molecule has 0 saturated carbocycles. The summed E-state index contributed by atoms with van der Waals surface area (Å²) in [6.07, 6.45) is 2.97. The summed E-state index contributed by atoms with van der Waals surface area (Å²) < 4.78 is -0.0996. The van der Waals surface area contributed by atoms with Crippen molar-refractivity contribution in [1.82, 2.24) is 0 Å². The fraction of sp³-hybridized carbons (Fsp3) is 0.833. The van der Waals surface area contributed by atoms with Gasteiger partial charge in [-0.1, -0.05) is 0 Å². The fourth-order valence-corrected chi connectivity index (χ4v) is 1.04. The Labute approximate surface area is 64.1 Å². The Bertz CT molecular complexity index is 93.1. The Balaban J connectivity index is 3.27. The van der Waals surface area contributed by atoms with E-state index < -0.39 is 5.97 Å². The van der Waals surface area contributed by atoms with Crippen molar-refractivity contribution >= 4 is 22.8 Å². The van der Waals surface area contributed by atoms with Crippen LogP contribution >= 0.6 is 0 Å². The van der Waals surface area contributed by atoms with Gasteiger partial charge in [0.1, 0.15) is 0 Å². The molecule has 0 bridgehead atoms. The Morgan fingerprint density at radius 2 is 2.33 bits per heavy atom. The second kappa shape index (κ2) is 4.87. The number of carboxylic acids is 1. The van der Waals surface area contributed by atoms with Crippen molar-refractivity contribution < 1.29 is 9.90 Å². The van der Waals surface area contributed by atoms with Gasteiger partial charge in [0, 0.05) is 0 Å². The van der Waals surface area contributed by atoms with Crippen LogP contribution in [-0.4, -0.2) is 27.9 Å². The van der Waals surface area contributed by atoms with Crippen LogP contribution in [0.2, 0.25) is 4.71 Å². The minimum absolute atomic E-state index is 0.0996. The van der Waals surface area contributed by atoms with Crippen LogP contribution < -0.4 is 0 Å². The van der Waals surface area contributed by atoms with E-state index in [2.05, 4.69) is 6.92 Å². The molecule has 0 aliphatic carbocycles. The molecule has 0 aromatic heterocycles. The van der Waals surface area contributed by atoms with Gasteiger partial charge in [-0.2, -0.15) is 0 Å². The summed E-state index contributed by atoms with van der Waals surface area (Å²) in [5.41, 5.74) is 0. The van der Waals surface area contributed by atoms with Gasteiger partial charge in [0.25, 0.3) is 0 Å². The van der Waals surface area contributed by atoms with E-state index in [0.717, 1.165) is 19.3 Å². The van der Waals surface area contributed by atoms with Crippen LogP contribution in [-0.2, 0) is 4.79 Å². The summed E-state index contributed by atoms with van der Waals surface area (Å²) in [5.74, 6) is -0.650. The summed E-state index contributed by atoms with van der Waals surface area (Å²) in [4.78, 5) is 10.2. The first-order valence-corrected chi connectivity index (χ1v) is 4.56. The Hall–Kier alpha value is 0.0284. The zero-order valence-corrected chi connectivity index (χ0v) is 8.05. The standard InChI is InChI=1S/C6H13AsO2/c1-2-3-4-5(7)6(8)9/h5H,2-4,7H2,1H3,(H,8,9). The molecule has 0 saturated heterocycles. The summed E-state index contributed by atoms with van der Waals surface area (Å²) in [6, 6.07) is 0. The molecule has 2 nitrogen and oxygen atoms in total. The van der Waals surface area contributed by atoms with Gasteiger partial charge in [-0.05, 0) is 0 Å². The number of carboxylic acid groups (broad SMARTS) is 1. The van der Waals surface area contributed by atoms with Crippen LogP contribution in [0.25, 0.3) is 0 Å². The summed E-state index contributed by atoms with van der Waals surface area (Å²) in [6.45, 7) is 2.07. The predicted molar refractivity (Wildman–Crippen MR) is 39.5 cm³/mol. The fourth-order valence-electron chi connectivity index (χ4n) is 0.548. The minimum atomic E-state index is -0.650. The Morgan fingerprint density at radius 3 is 2.67 bits per heavy atom. The van der Waals surface area contributed by atoms with Crippen LogP contribution in [0.5, 0.6) is 0 Å². The molecule has 0 amide bonds. The molecule has 3 heteroatoms. The van der Waals surface area contributed by atoms with Crippen molar-refractivity contribution in [2.45, 2.75) is 30.9 Å². The number of carbonyl (C=O) groups is 1. The van der Waals surface area contributed by atoms with Gasteiger partial charge >= 0.3 is 63.6 Å². The van der Waals surface area contributed by atoms with E-state index in [0.29, 0.717) is 0 Å². The van der Waals surface area contributed by atoms with Gasteiger partial charge in [0.2, 0.25) is 0 Å². The molecular weight excluding hydrogens is 179 g/mol. The van der Waals surface area contributed by atoms with E-state index in [4.69, 9.17) is 5.11 Å². The van der Waals surface area contributed by atoms with Crippen LogP contribution in [0.3, 0.4) is 0 Å². The zero-order valence-electron chi connectivity index (χ0n) is 5.63. The molecule has 0 aliphatic heterocycles. The van der Waals surface area contributed by atoms with Crippen molar-refractivity contribution in [3.63, 3.8) is 0 Å². The van der Waals surface area contributed by atoms with E-state index in [-0.39, 0.29) is 4.71 Å². The summed E-state index contributed by atoms with van der Waals surface area (Å²) in [7, 11) is 0. The molecule has 2 unspecified atom stereocenters. The maximum atomic E-state index is 10.2. The van der Waals surface area contributed by atoms with Crippen LogP contribution in [0.15, 0.2) is 0 Å². The first-order chi connectivity index (χ1) is 4.18. The first-order valence-electron chi connectivity index (χ1n) is 3.17. The third-order valence-corrected chi connectivity index (χ3v) is 2.48. The van der Waals surface area contributed by atoms with Crippen LogP contribution in [0, 0.1) is 0 Å². The molecule has 1 N–H and O–H groups in total. The van der Waals surface area contributed by atoms with Crippen molar-refractivity contribution in [3.05, 3.63) is 0 Å². The molecule has 0 heterocycles. The molecule has 2 atom stereocenters. The zero-order chi connectivity index (χ0) is 7.28. The number of hydrogen-bond donors (Lipinski definition) is 1. The molecule has 54 valence electrons. The Kier molecular flexibility index (Phi) is 4.88. The van der Waals surface area contributed by atoms with Gasteiger partial charge in [-0.15, -0.1) is 0 Å². The van der Waals surface area contributed by atoms with E-state index in [1.807, 2.05) is 0 Å². The van der Waals surface area contributed by atoms with E-state index >= 15 is 0 Å². The van der Waals surface area contributed by atoms with Crippen LogP contribution in [0.1, 0.15) is 26.2 Å². The maximum absolute atomic E-state index is 10.2. The quantitative estimate of drug-likeness (QED) is 0.665. The molecule has 0 radical (unpaired) electrons. The van der Waals surface area contributed by atoms with Gasteiger partial charge in [0.05, 0.1) is 0 Å². The van der Waals surface area contributed by atoms with Crippen molar-refractivity contribution in [2.24, 2.45) is 0 Å². The molecule has 0 spiro atoms. The molecule has 0 aromatic carbocycles. The van der Waals surface area contributed by atoms with E-state index in [1.165, 1.54) is 16.9 Å². The summed E-state index contributed by atoms with van der Waals surface area (Å²) in [5, 5.41) is 8.42. The second-order valence-corrected chi connectivity index (χ2v) is 3.78.